The number of hydrogen-bond donors (Lipinski definition) is 1. The summed E-state index contributed by atoms with van der Waals surface area (Å²) in [5.41, 5.74) is 1.75. The van der Waals surface area contributed by atoms with Gasteiger partial charge >= 0.3 is 0 Å². The molecule has 0 bridgehead atoms. The van der Waals surface area contributed by atoms with E-state index >= 15 is 0 Å². The molecule has 3 fully saturated rings. The van der Waals surface area contributed by atoms with Crippen LogP contribution in [0, 0.1) is 34.9 Å². The summed E-state index contributed by atoms with van der Waals surface area (Å²) in [5.74, 6) is -5.54. The Morgan fingerprint density at radius 2 is 1.58 bits per heavy atom. The Balaban J connectivity index is 1.30. The standard InChI is InChI=1S/C39H30ClFN2O5/c1-3-20-8-10-21(11-9-20)42-35(45)27-14-13-26-28(33(27)37(42)47)19-29-36(46)43(22-12-16-31(41)30(40)18-22)38(48)39(29,2)34(26)25-15-17-32(44)24-7-5-4-6-23(24)25/h3-13,15-18,27-29,33-34,44H,1,14,19H2,2H3/t27-,28+,29-,33-,34-,39+/m0/s1. The number of imide groups is 2. The van der Waals surface area contributed by atoms with Gasteiger partial charge in [0.2, 0.25) is 23.6 Å². The van der Waals surface area contributed by atoms with E-state index in [9.17, 15) is 28.7 Å². The average Bonchev–Trinajstić information content (AvgIpc) is 3.46. The van der Waals surface area contributed by atoms with E-state index in [2.05, 4.69) is 6.58 Å². The lowest BCUT2D eigenvalue weighted by Crippen LogP contribution is -2.49. The molecular weight excluding hydrogens is 631 g/mol. The number of benzene rings is 4. The van der Waals surface area contributed by atoms with Crippen LogP contribution < -0.4 is 9.80 Å². The second kappa shape index (κ2) is 10.7. The van der Waals surface area contributed by atoms with Crippen LogP contribution in [0.4, 0.5) is 15.8 Å². The zero-order chi connectivity index (χ0) is 33.6. The number of fused-ring (bicyclic) bond motifs is 5. The third kappa shape index (κ3) is 4.05. The summed E-state index contributed by atoms with van der Waals surface area (Å²) in [4.78, 5) is 59.8. The minimum absolute atomic E-state index is 0.0761. The molecule has 7 nitrogen and oxygen atoms in total. The molecule has 1 N–H and O–H groups in total. The number of amides is 4. The minimum atomic E-state index is -1.31. The van der Waals surface area contributed by atoms with Crippen molar-refractivity contribution in [3.05, 3.63) is 119 Å². The van der Waals surface area contributed by atoms with Crippen LogP contribution in [0.15, 0.2) is 97.1 Å². The first kappa shape index (κ1) is 30.3. The van der Waals surface area contributed by atoms with E-state index < -0.39 is 52.6 Å². The van der Waals surface area contributed by atoms with Crippen molar-refractivity contribution in [1.29, 1.82) is 0 Å². The van der Waals surface area contributed by atoms with Gasteiger partial charge in [-0.15, -0.1) is 0 Å². The van der Waals surface area contributed by atoms with Crippen molar-refractivity contribution >= 4 is 63.5 Å². The summed E-state index contributed by atoms with van der Waals surface area (Å²) in [6.07, 6.45) is 4.15. The number of halogens is 2. The number of rotatable bonds is 4. The van der Waals surface area contributed by atoms with Crippen molar-refractivity contribution in [2.24, 2.45) is 29.1 Å². The topological polar surface area (TPSA) is 95.0 Å². The van der Waals surface area contributed by atoms with E-state index in [1.165, 1.54) is 17.0 Å². The molecule has 0 spiro atoms. The van der Waals surface area contributed by atoms with Gasteiger partial charge in [0.1, 0.15) is 11.6 Å². The van der Waals surface area contributed by atoms with Gasteiger partial charge in [-0.25, -0.2) is 9.29 Å². The molecule has 6 atom stereocenters. The summed E-state index contributed by atoms with van der Waals surface area (Å²) in [6.45, 7) is 5.56. The molecule has 4 aromatic rings. The number of aromatic hydroxyl groups is 1. The Hall–Kier alpha value is -5.08. The second-order valence-electron chi connectivity index (χ2n) is 13.3. The van der Waals surface area contributed by atoms with Crippen molar-refractivity contribution in [2.45, 2.75) is 25.7 Å². The average molecular weight is 661 g/mol. The predicted octanol–water partition coefficient (Wildman–Crippen LogP) is 7.42. The smallest absolute Gasteiger partial charge is 0.241 e. The number of allylic oxidation sites excluding steroid dienone is 2. The fourth-order valence-electron chi connectivity index (χ4n) is 8.80. The second-order valence-corrected chi connectivity index (χ2v) is 13.7. The Morgan fingerprint density at radius 3 is 2.29 bits per heavy atom. The summed E-state index contributed by atoms with van der Waals surface area (Å²) < 4.78 is 14.2. The molecule has 4 aliphatic rings. The molecule has 2 saturated heterocycles. The van der Waals surface area contributed by atoms with E-state index in [0.717, 1.165) is 27.7 Å². The van der Waals surface area contributed by atoms with Crippen molar-refractivity contribution < 1.29 is 28.7 Å². The number of nitrogens with zero attached hydrogens (tertiary/aromatic N) is 2. The van der Waals surface area contributed by atoms with Gasteiger partial charge in [0, 0.05) is 11.3 Å². The zero-order valence-electron chi connectivity index (χ0n) is 25.9. The van der Waals surface area contributed by atoms with E-state index in [0.29, 0.717) is 22.9 Å². The molecule has 2 heterocycles. The van der Waals surface area contributed by atoms with Crippen LogP contribution >= 0.6 is 11.6 Å². The molecule has 0 radical (unpaired) electrons. The van der Waals surface area contributed by atoms with Gasteiger partial charge in [-0.05, 0) is 78.6 Å². The summed E-state index contributed by atoms with van der Waals surface area (Å²) >= 11 is 6.12. The summed E-state index contributed by atoms with van der Waals surface area (Å²) in [5, 5.41) is 11.9. The first-order valence-electron chi connectivity index (χ1n) is 15.9. The van der Waals surface area contributed by atoms with Crippen LogP contribution in [-0.4, -0.2) is 28.7 Å². The molecule has 2 aliphatic carbocycles. The quantitative estimate of drug-likeness (QED) is 0.182. The molecule has 240 valence electrons. The lowest BCUT2D eigenvalue weighted by atomic mass is 9.51. The van der Waals surface area contributed by atoms with Crippen LogP contribution in [0.2, 0.25) is 5.02 Å². The van der Waals surface area contributed by atoms with E-state index in [1.807, 2.05) is 24.3 Å². The van der Waals surface area contributed by atoms with Crippen LogP contribution in [0.3, 0.4) is 0 Å². The van der Waals surface area contributed by atoms with Crippen molar-refractivity contribution in [3.63, 3.8) is 0 Å². The number of carbonyl (C=O) groups excluding carboxylic acids is 4. The lowest BCUT2D eigenvalue weighted by Gasteiger charge is -2.49. The number of phenolic OH excluding ortho intramolecular Hbond substituents is 1. The van der Waals surface area contributed by atoms with Crippen LogP contribution in [-0.2, 0) is 19.2 Å². The molecule has 9 heteroatoms. The van der Waals surface area contributed by atoms with Crippen molar-refractivity contribution in [2.75, 3.05) is 9.80 Å². The summed E-state index contributed by atoms with van der Waals surface area (Å²) in [6, 6.07) is 21.5. The van der Waals surface area contributed by atoms with Gasteiger partial charge < -0.3 is 5.11 Å². The predicted molar refractivity (Wildman–Crippen MR) is 181 cm³/mol. The van der Waals surface area contributed by atoms with Crippen LogP contribution in [0.5, 0.6) is 5.75 Å². The Kier molecular flexibility index (Phi) is 6.76. The molecular formula is C39H30ClFN2O5. The monoisotopic (exact) mass is 660 g/mol. The zero-order valence-corrected chi connectivity index (χ0v) is 26.7. The maximum Gasteiger partial charge on any atom is 0.241 e. The highest BCUT2D eigenvalue weighted by atomic mass is 35.5. The van der Waals surface area contributed by atoms with Gasteiger partial charge in [-0.1, -0.05) is 78.4 Å². The fraction of sp³-hybridized carbons (Fsp3) is 0.231. The molecule has 4 amide bonds. The highest BCUT2D eigenvalue weighted by molar-refractivity contribution is 6.32. The minimum Gasteiger partial charge on any atom is -0.507 e. The normalized spacial score (nSPS) is 28.0. The molecule has 48 heavy (non-hydrogen) atoms. The van der Waals surface area contributed by atoms with E-state index in [-0.39, 0.29) is 34.7 Å². The number of anilines is 2. The number of carbonyl (C=O) groups is 4. The Bertz CT molecular complexity index is 2140. The van der Waals surface area contributed by atoms with Gasteiger partial charge in [-0.3, -0.25) is 24.1 Å². The molecule has 0 aromatic heterocycles. The van der Waals surface area contributed by atoms with Crippen LogP contribution in [0.1, 0.15) is 36.8 Å². The van der Waals surface area contributed by atoms with Gasteiger partial charge in [-0.2, -0.15) is 0 Å². The van der Waals surface area contributed by atoms with Gasteiger partial charge in [0.25, 0.3) is 0 Å². The maximum absolute atomic E-state index is 14.7. The SMILES string of the molecule is C=Cc1ccc(N2C(=O)[C@H]3[C@H](CC=C4[C@H]3C[C@H]3C(=O)N(c5ccc(F)c(Cl)c5)C(=O)[C@@]3(C)[C@H]4c3ccc(O)c4ccccc34)C2=O)cc1. The number of hydrogen-bond acceptors (Lipinski definition) is 5. The Labute approximate surface area is 280 Å². The molecule has 8 rings (SSSR count). The maximum atomic E-state index is 14.7. The molecule has 1 saturated carbocycles. The van der Waals surface area contributed by atoms with Gasteiger partial charge in [0.15, 0.2) is 0 Å². The third-order valence-electron chi connectivity index (χ3n) is 11.1. The Morgan fingerprint density at radius 1 is 0.875 bits per heavy atom. The lowest BCUT2D eigenvalue weighted by molar-refractivity contribution is -0.131. The van der Waals surface area contributed by atoms with E-state index in [4.69, 9.17) is 11.6 Å². The highest BCUT2D eigenvalue weighted by Crippen LogP contribution is 2.64. The largest absolute Gasteiger partial charge is 0.507 e. The molecule has 0 unspecified atom stereocenters. The van der Waals surface area contributed by atoms with E-state index in [1.54, 1.807) is 55.5 Å². The van der Waals surface area contributed by atoms with Gasteiger partial charge in [0.05, 0.1) is 39.6 Å². The first-order chi connectivity index (χ1) is 23.1. The van der Waals surface area contributed by atoms with Crippen molar-refractivity contribution in [1.82, 2.24) is 0 Å². The first-order valence-corrected chi connectivity index (χ1v) is 16.3. The third-order valence-corrected chi connectivity index (χ3v) is 11.4. The highest BCUT2D eigenvalue weighted by Gasteiger charge is 2.67. The van der Waals surface area contributed by atoms with Crippen molar-refractivity contribution in [3.8, 4) is 5.75 Å². The molecule has 2 aliphatic heterocycles. The number of phenols is 1. The molecule has 4 aromatic carbocycles. The fourth-order valence-corrected chi connectivity index (χ4v) is 8.98. The summed E-state index contributed by atoms with van der Waals surface area (Å²) in [7, 11) is 0. The van der Waals surface area contributed by atoms with Crippen LogP contribution in [0.25, 0.3) is 16.8 Å².